The predicted octanol–water partition coefficient (Wildman–Crippen LogP) is 0.353. The largest absolute Gasteiger partial charge is 0.486 e. The second kappa shape index (κ2) is 5.08. The number of hydrogen-bond acceptors (Lipinski definition) is 7. The van der Waals surface area contributed by atoms with E-state index in [4.69, 9.17) is 15.2 Å². The van der Waals surface area contributed by atoms with Crippen LogP contribution in [0.4, 0.5) is 5.82 Å². The van der Waals surface area contributed by atoms with Crippen LogP contribution < -0.4 is 20.5 Å². The Morgan fingerprint density at radius 2 is 2.05 bits per heavy atom. The number of benzene rings is 1. The van der Waals surface area contributed by atoms with Gasteiger partial charge in [0.15, 0.2) is 11.5 Å². The van der Waals surface area contributed by atoms with Crippen molar-refractivity contribution in [2.75, 3.05) is 18.9 Å². The maximum absolute atomic E-state index is 11.8. The van der Waals surface area contributed by atoms with Gasteiger partial charge in [0.05, 0.1) is 0 Å². The van der Waals surface area contributed by atoms with Crippen molar-refractivity contribution in [2.24, 2.45) is 0 Å². The number of nitrogen functional groups attached to an aromatic ring is 1. The summed E-state index contributed by atoms with van der Waals surface area (Å²) in [5, 5.41) is 9.45. The maximum atomic E-state index is 11.8. The smallest absolute Gasteiger partial charge is 0.277 e. The molecule has 104 valence electrons. The summed E-state index contributed by atoms with van der Waals surface area (Å²) in [5.74, 6) is 0.894. The Bertz CT molecular complexity index is 640. The quantitative estimate of drug-likeness (QED) is 0.831. The Morgan fingerprint density at radius 1 is 1.25 bits per heavy atom. The van der Waals surface area contributed by atoms with E-state index in [0.717, 1.165) is 5.56 Å². The van der Waals surface area contributed by atoms with Gasteiger partial charge >= 0.3 is 0 Å². The minimum Gasteiger partial charge on any atom is -0.486 e. The number of nitrogens with two attached hydrogens (primary N) is 1. The monoisotopic (exact) mass is 276 g/mol. The van der Waals surface area contributed by atoms with Gasteiger partial charge in [-0.05, 0) is 28.0 Å². The van der Waals surface area contributed by atoms with E-state index >= 15 is 0 Å². The molecule has 0 aliphatic carbocycles. The van der Waals surface area contributed by atoms with Crippen molar-refractivity contribution < 1.29 is 18.9 Å². The lowest BCUT2D eigenvalue weighted by Gasteiger charge is -2.18. The highest BCUT2D eigenvalue weighted by molar-refractivity contribution is 5.95. The molecule has 0 bridgehead atoms. The highest BCUT2D eigenvalue weighted by atomic mass is 16.6. The molecule has 1 aromatic heterocycles. The predicted molar refractivity (Wildman–Crippen MR) is 67.3 cm³/mol. The van der Waals surface area contributed by atoms with Crippen molar-refractivity contribution in [3.05, 3.63) is 29.5 Å². The molecule has 2 aromatic rings. The molecule has 3 N–H and O–H groups in total. The average Bonchev–Trinajstić information content (AvgIpc) is 2.91. The number of ether oxygens (including phenoxy) is 2. The molecule has 0 fully saturated rings. The van der Waals surface area contributed by atoms with E-state index < -0.39 is 5.91 Å². The van der Waals surface area contributed by atoms with Crippen LogP contribution in [0.25, 0.3) is 0 Å². The minimum atomic E-state index is -0.446. The Hall–Kier alpha value is -2.77. The first-order valence-corrected chi connectivity index (χ1v) is 5.99. The van der Waals surface area contributed by atoms with Gasteiger partial charge in [-0.3, -0.25) is 4.79 Å². The van der Waals surface area contributed by atoms with E-state index in [1.165, 1.54) is 0 Å². The molecule has 0 radical (unpaired) electrons. The third-order valence-corrected chi connectivity index (χ3v) is 2.79. The first-order valence-electron chi connectivity index (χ1n) is 5.99. The zero-order valence-electron chi connectivity index (χ0n) is 10.5. The van der Waals surface area contributed by atoms with Crippen LogP contribution in [0.2, 0.25) is 0 Å². The molecular weight excluding hydrogens is 264 g/mol. The van der Waals surface area contributed by atoms with Crippen molar-refractivity contribution in [1.82, 2.24) is 15.6 Å². The van der Waals surface area contributed by atoms with Crippen LogP contribution in [0.5, 0.6) is 11.5 Å². The Kier molecular flexibility index (Phi) is 3.12. The summed E-state index contributed by atoms with van der Waals surface area (Å²) in [6.07, 6.45) is 0. The number of aromatic nitrogens is 2. The highest BCUT2D eigenvalue weighted by Crippen LogP contribution is 2.30. The molecule has 0 saturated heterocycles. The van der Waals surface area contributed by atoms with Crippen LogP contribution in [-0.4, -0.2) is 29.4 Å². The van der Waals surface area contributed by atoms with Crippen LogP contribution >= 0.6 is 0 Å². The lowest BCUT2D eigenvalue weighted by Crippen LogP contribution is -2.24. The number of carbonyl (C=O) groups excluding carboxylic acids is 1. The molecule has 0 spiro atoms. The first kappa shape index (κ1) is 12.3. The fourth-order valence-electron chi connectivity index (χ4n) is 1.82. The van der Waals surface area contributed by atoms with Crippen LogP contribution in [0.3, 0.4) is 0 Å². The standard InChI is InChI=1S/C12H12N4O4/c13-11-10(15-20-16-11)12(17)14-6-7-1-2-8-9(5-7)19-4-3-18-8/h1-2,5H,3-4,6H2,(H2,13,16)(H,14,17). The van der Waals surface area contributed by atoms with Gasteiger partial charge in [0.2, 0.25) is 11.5 Å². The molecule has 8 heteroatoms. The average molecular weight is 276 g/mol. The number of nitrogens with zero attached hydrogens (tertiary/aromatic N) is 2. The molecule has 0 unspecified atom stereocenters. The lowest BCUT2D eigenvalue weighted by molar-refractivity contribution is 0.0941. The van der Waals surface area contributed by atoms with Gasteiger partial charge in [0.25, 0.3) is 5.91 Å². The molecule has 1 amide bonds. The summed E-state index contributed by atoms with van der Waals surface area (Å²) in [4.78, 5) is 11.8. The van der Waals surface area contributed by atoms with E-state index in [9.17, 15) is 4.79 Å². The van der Waals surface area contributed by atoms with Crippen LogP contribution in [0.15, 0.2) is 22.8 Å². The number of rotatable bonds is 3. The summed E-state index contributed by atoms with van der Waals surface area (Å²) in [6.45, 7) is 1.37. The zero-order valence-corrected chi connectivity index (χ0v) is 10.5. The van der Waals surface area contributed by atoms with Crippen molar-refractivity contribution in [1.29, 1.82) is 0 Å². The number of anilines is 1. The number of amides is 1. The van der Waals surface area contributed by atoms with Gasteiger partial charge in [-0.1, -0.05) is 6.07 Å². The minimum absolute atomic E-state index is 0.0254. The van der Waals surface area contributed by atoms with Gasteiger partial charge in [-0.25, -0.2) is 4.63 Å². The van der Waals surface area contributed by atoms with E-state index in [2.05, 4.69) is 20.3 Å². The molecule has 1 aliphatic rings. The van der Waals surface area contributed by atoms with Crippen molar-refractivity contribution in [3.8, 4) is 11.5 Å². The van der Waals surface area contributed by atoms with Crippen molar-refractivity contribution in [2.45, 2.75) is 6.54 Å². The number of fused-ring (bicyclic) bond motifs is 1. The van der Waals surface area contributed by atoms with Gasteiger partial charge in [-0.15, -0.1) is 0 Å². The number of hydrogen-bond donors (Lipinski definition) is 2. The molecule has 8 nitrogen and oxygen atoms in total. The summed E-state index contributed by atoms with van der Waals surface area (Å²) in [5.41, 5.74) is 6.28. The summed E-state index contributed by atoms with van der Waals surface area (Å²) in [7, 11) is 0. The SMILES string of the molecule is Nc1nonc1C(=O)NCc1ccc2c(c1)OCCO2. The Morgan fingerprint density at radius 3 is 2.80 bits per heavy atom. The van der Waals surface area contributed by atoms with Gasteiger partial charge < -0.3 is 20.5 Å². The Balaban J connectivity index is 1.67. The van der Waals surface area contributed by atoms with Crippen LogP contribution in [-0.2, 0) is 6.54 Å². The fraction of sp³-hybridized carbons (Fsp3) is 0.250. The van der Waals surface area contributed by atoms with Gasteiger partial charge in [0, 0.05) is 6.54 Å². The third-order valence-electron chi connectivity index (χ3n) is 2.79. The molecule has 0 saturated carbocycles. The second-order valence-electron chi connectivity index (χ2n) is 4.16. The normalized spacial score (nSPS) is 13.0. The fourth-order valence-corrected chi connectivity index (χ4v) is 1.82. The molecule has 0 atom stereocenters. The summed E-state index contributed by atoms with van der Waals surface area (Å²) in [6, 6.07) is 5.47. The maximum Gasteiger partial charge on any atom is 0.277 e. The van der Waals surface area contributed by atoms with Gasteiger partial charge in [0.1, 0.15) is 13.2 Å². The Labute approximate surface area is 113 Å². The molecule has 3 rings (SSSR count). The number of nitrogens with one attached hydrogen (secondary N) is 1. The van der Waals surface area contributed by atoms with Gasteiger partial charge in [-0.2, -0.15) is 0 Å². The second-order valence-corrected chi connectivity index (χ2v) is 4.16. The molecule has 1 aromatic carbocycles. The molecule has 1 aliphatic heterocycles. The first-order chi connectivity index (χ1) is 9.74. The van der Waals surface area contributed by atoms with Crippen molar-refractivity contribution in [3.63, 3.8) is 0 Å². The van der Waals surface area contributed by atoms with E-state index in [1.807, 2.05) is 18.2 Å². The highest BCUT2D eigenvalue weighted by Gasteiger charge is 2.16. The number of carbonyl (C=O) groups is 1. The van der Waals surface area contributed by atoms with Crippen molar-refractivity contribution >= 4 is 11.7 Å². The van der Waals surface area contributed by atoms with Crippen LogP contribution in [0.1, 0.15) is 16.1 Å². The third kappa shape index (κ3) is 2.35. The van der Waals surface area contributed by atoms with E-state index in [1.54, 1.807) is 0 Å². The summed E-state index contributed by atoms with van der Waals surface area (Å²) >= 11 is 0. The van der Waals surface area contributed by atoms with Crippen LogP contribution in [0, 0.1) is 0 Å². The zero-order chi connectivity index (χ0) is 13.9. The lowest BCUT2D eigenvalue weighted by atomic mass is 10.2. The summed E-state index contributed by atoms with van der Waals surface area (Å²) < 4.78 is 15.3. The molecular formula is C12H12N4O4. The topological polar surface area (TPSA) is 112 Å². The molecule has 2 heterocycles. The molecule has 20 heavy (non-hydrogen) atoms. The van der Waals surface area contributed by atoms with E-state index in [0.29, 0.717) is 31.3 Å². The van der Waals surface area contributed by atoms with E-state index in [-0.39, 0.29) is 11.5 Å².